The van der Waals surface area contributed by atoms with Gasteiger partial charge in [0, 0.05) is 17.9 Å². The Hall–Kier alpha value is -2.42. The minimum absolute atomic E-state index is 0.0733. The van der Waals surface area contributed by atoms with Gasteiger partial charge in [-0.3, -0.25) is 9.69 Å². The number of rotatable bonds is 7. The van der Waals surface area contributed by atoms with Gasteiger partial charge in [0.25, 0.3) is 11.8 Å². The van der Waals surface area contributed by atoms with Crippen LogP contribution in [0.15, 0.2) is 23.2 Å². The number of sulfone groups is 1. The smallest absolute Gasteiger partial charge is 0.458 e. The fourth-order valence-corrected chi connectivity index (χ4v) is 5.03. The van der Waals surface area contributed by atoms with Crippen molar-refractivity contribution in [3.8, 4) is 5.75 Å². The molecule has 182 valence electrons. The summed E-state index contributed by atoms with van der Waals surface area (Å²) in [6, 6.07) is 1.32. The zero-order chi connectivity index (χ0) is 25.0. The Morgan fingerprint density at radius 3 is 2.30 bits per heavy atom. The molecule has 0 unspecified atom stereocenters. The van der Waals surface area contributed by atoms with E-state index in [1.165, 1.54) is 6.92 Å². The summed E-state index contributed by atoms with van der Waals surface area (Å²) in [5.41, 5.74) is -0.438. The normalized spacial score (nSPS) is 15.2. The van der Waals surface area contributed by atoms with Crippen molar-refractivity contribution in [1.29, 1.82) is 0 Å². The van der Waals surface area contributed by atoms with E-state index in [0.29, 0.717) is 13.0 Å². The van der Waals surface area contributed by atoms with Crippen LogP contribution in [0.1, 0.15) is 34.0 Å². The molecule has 6 nitrogen and oxygen atoms in total. The molecule has 3 rings (SSSR count). The molecular formula is C18H15F7N2O4S2. The summed E-state index contributed by atoms with van der Waals surface area (Å²) in [4.78, 5) is 15.3. The van der Waals surface area contributed by atoms with Crippen molar-refractivity contribution in [3.63, 3.8) is 0 Å². The SMILES string of the molecule is CCS(=O)(=O)c1cc(OCC(C)(F)F)cnc1N1Cc2sc(C(F)(F)C(F)(F)F)cc2C1=O. The summed E-state index contributed by atoms with van der Waals surface area (Å²) in [6.45, 7) is 0.284. The van der Waals surface area contributed by atoms with Gasteiger partial charge in [-0.05, 0) is 6.07 Å². The first kappa shape index (κ1) is 25.2. The Morgan fingerprint density at radius 1 is 1.15 bits per heavy atom. The highest BCUT2D eigenvalue weighted by atomic mass is 32.2. The fraction of sp³-hybridized carbons (Fsp3) is 0.444. The van der Waals surface area contributed by atoms with Gasteiger partial charge >= 0.3 is 12.1 Å². The van der Waals surface area contributed by atoms with Gasteiger partial charge in [0.1, 0.15) is 10.6 Å². The van der Waals surface area contributed by atoms with Crippen molar-refractivity contribution >= 4 is 32.9 Å². The molecular weight excluding hydrogens is 505 g/mol. The second-order valence-corrected chi connectivity index (χ2v) is 10.5. The molecule has 0 aromatic carbocycles. The van der Waals surface area contributed by atoms with Gasteiger partial charge in [-0.25, -0.2) is 22.2 Å². The zero-order valence-electron chi connectivity index (χ0n) is 16.8. The van der Waals surface area contributed by atoms with E-state index in [1.54, 1.807) is 0 Å². The number of carbonyl (C=O) groups is 1. The van der Waals surface area contributed by atoms with Gasteiger partial charge in [0.15, 0.2) is 22.3 Å². The van der Waals surface area contributed by atoms with E-state index < -0.39 is 73.8 Å². The van der Waals surface area contributed by atoms with Gasteiger partial charge in [0.2, 0.25) is 0 Å². The van der Waals surface area contributed by atoms with Crippen LogP contribution in [0.25, 0.3) is 0 Å². The maximum absolute atomic E-state index is 13.6. The van der Waals surface area contributed by atoms with Crippen molar-refractivity contribution in [1.82, 2.24) is 4.98 Å². The predicted molar refractivity (Wildman–Crippen MR) is 103 cm³/mol. The Balaban J connectivity index is 1.99. The Kier molecular flexibility index (Phi) is 6.20. The number of aromatic nitrogens is 1. The number of ether oxygens (including phenoxy) is 1. The van der Waals surface area contributed by atoms with E-state index >= 15 is 0 Å². The van der Waals surface area contributed by atoms with Crippen LogP contribution in [0, 0.1) is 0 Å². The Labute approximate surface area is 186 Å². The minimum atomic E-state index is -5.86. The number of thiophene rings is 1. The fourth-order valence-electron chi connectivity index (χ4n) is 2.85. The third kappa shape index (κ3) is 4.78. The van der Waals surface area contributed by atoms with E-state index in [1.807, 2.05) is 0 Å². The van der Waals surface area contributed by atoms with Crippen molar-refractivity contribution < 1.29 is 48.7 Å². The molecule has 1 amide bonds. The van der Waals surface area contributed by atoms with E-state index in [-0.39, 0.29) is 22.0 Å². The average Bonchev–Trinajstić information content (AvgIpc) is 3.25. The minimum Gasteiger partial charge on any atom is -0.486 e. The largest absolute Gasteiger partial charge is 0.486 e. The molecule has 0 saturated carbocycles. The summed E-state index contributed by atoms with van der Waals surface area (Å²) in [6.07, 6.45) is -4.96. The van der Waals surface area contributed by atoms with Crippen molar-refractivity contribution in [2.24, 2.45) is 0 Å². The zero-order valence-corrected chi connectivity index (χ0v) is 18.5. The van der Waals surface area contributed by atoms with Crippen molar-refractivity contribution in [2.75, 3.05) is 17.3 Å². The van der Waals surface area contributed by atoms with E-state index in [4.69, 9.17) is 4.74 Å². The lowest BCUT2D eigenvalue weighted by atomic mass is 10.2. The molecule has 2 aromatic heterocycles. The van der Waals surface area contributed by atoms with Gasteiger partial charge in [-0.15, -0.1) is 11.3 Å². The summed E-state index contributed by atoms with van der Waals surface area (Å²) in [5.74, 6) is -10.6. The summed E-state index contributed by atoms with van der Waals surface area (Å²) < 4.78 is 121. The standard InChI is InChI=1S/C18H15F7N2O4S2/c1-3-33(29,30)12-4-9(31-8-16(2,19)20)6-26-14(12)27-7-11-10(15(27)28)5-13(32-11)17(21,22)18(23,24)25/h4-6H,3,7-8H2,1-2H3. The number of nitrogens with zero attached hydrogens (tertiary/aromatic N) is 2. The molecule has 0 atom stereocenters. The first-order valence-corrected chi connectivity index (χ1v) is 11.6. The topological polar surface area (TPSA) is 76.6 Å². The van der Waals surface area contributed by atoms with Crippen LogP contribution in [0.4, 0.5) is 36.6 Å². The number of hydrogen-bond acceptors (Lipinski definition) is 6. The Morgan fingerprint density at radius 2 is 1.79 bits per heavy atom. The molecule has 0 bridgehead atoms. The lowest BCUT2D eigenvalue weighted by molar-refractivity contribution is -0.287. The summed E-state index contributed by atoms with van der Waals surface area (Å²) in [7, 11) is -4.08. The van der Waals surface area contributed by atoms with Crippen molar-refractivity contribution in [3.05, 3.63) is 33.6 Å². The van der Waals surface area contributed by atoms with Crippen LogP contribution < -0.4 is 9.64 Å². The second-order valence-electron chi connectivity index (χ2n) is 7.17. The number of carbonyl (C=O) groups excluding carboxylic acids is 1. The maximum Gasteiger partial charge on any atom is 0.458 e. The molecule has 0 spiro atoms. The highest BCUT2D eigenvalue weighted by Crippen LogP contribution is 2.48. The van der Waals surface area contributed by atoms with Crippen molar-refractivity contribution in [2.45, 2.75) is 43.3 Å². The maximum atomic E-state index is 13.6. The first-order chi connectivity index (χ1) is 15.0. The third-order valence-electron chi connectivity index (χ3n) is 4.52. The second kappa shape index (κ2) is 8.11. The van der Waals surface area contributed by atoms with Crippen LogP contribution in [-0.4, -0.2) is 43.8 Å². The molecule has 15 heteroatoms. The summed E-state index contributed by atoms with van der Waals surface area (Å²) in [5, 5.41) is 0. The van der Waals surface area contributed by atoms with E-state index in [9.17, 15) is 43.9 Å². The number of alkyl halides is 7. The van der Waals surface area contributed by atoms with Gasteiger partial charge < -0.3 is 4.74 Å². The third-order valence-corrected chi connectivity index (χ3v) is 7.44. The molecule has 0 fully saturated rings. The molecule has 1 aliphatic heterocycles. The highest BCUT2D eigenvalue weighted by Gasteiger charge is 2.60. The van der Waals surface area contributed by atoms with Gasteiger partial charge in [0.05, 0.1) is 28.9 Å². The molecule has 1 aliphatic rings. The number of hydrogen-bond donors (Lipinski definition) is 0. The van der Waals surface area contributed by atoms with Crippen LogP contribution in [0.3, 0.4) is 0 Å². The molecule has 0 aliphatic carbocycles. The van der Waals surface area contributed by atoms with E-state index in [2.05, 4.69) is 4.98 Å². The quantitative estimate of drug-likeness (QED) is 0.491. The predicted octanol–water partition coefficient (Wildman–Crippen LogP) is 4.79. The lowest BCUT2D eigenvalue weighted by Crippen LogP contribution is -2.33. The Bertz CT molecular complexity index is 1190. The number of amides is 1. The molecule has 3 heterocycles. The van der Waals surface area contributed by atoms with Crippen LogP contribution >= 0.6 is 11.3 Å². The van der Waals surface area contributed by atoms with Crippen LogP contribution in [0.2, 0.25) is 0 Å². The number of halogens is 7. The number of anilines is 1. The molecule has 33 heavy (non-hydrogen) atoms. The first-order valence-electron chi connectivity index (χ1n) is 9.11. The average molecular weight is 520 g/mol. The van der Waals surface area contributed by atoms with Crippen LogP contribution in [-0.2, 0) is 22.3 Å². The monoisotopic (exact) mass is 520 g/mol. The molecule has 0 N–H and O–H groups in total. The molecule has 0 saturated heterocycles. The number of fused-ring (bicyclic) bond motifs is 1. The highest BCUT2D eigenvalue weighted by molar-refractivity contribution is 7.91. The molecule has 2 aromatic rings. The lowest BCUT2D eigenvalue weighted by Gasteiger charge is -2.21. The van der Waals surface area contributed by atoms with Gasteiger partial charge in [-0.1, -0.05) is 6.92 Å². The van der Waals surface area contributed by atoms with E-state index in [0.717, 1.165) is 17.2 Å². The summed E-state index contributed by atoms with van der Waals surface area (Å²) >= 11 is 0.0733. The van der Waals surface area contributed by atoms with Crippen LogP contribution in [0.5, 0.6) is 5.75 Å². The molecule has 0 radical (unpaired) electrons. The number of pyridine rings is 1. The van der Waals surface area contributed by atoms with Gasteiger partial charge in [-0.2, -0.15) is 22.0 Å².